The molecule has 2 N–H and O–H groups in total. The highest BCUT2D eigenvalue weighted by Gasteiger charge is 2.38. The summed E-state index contributed by atoms with van der Waals surface area (Å²) in [5, 5.41) is 18.2. The molecule has 0 radical (unpaired) electrons. The molecule has 15 heavy (non-hydrogen) atoms. The van der Waals surface area contributed by atoms with Gasteiger partial charge in [0.25, 0.3) is 0 Å². The molecule has 3 aliphatic carbocycles. The number of carbonyl (C=O) groups is 2. The molecule has 0 spiro atoms. The number of hydrogen-bond donors (Lipinski definition) is 2. The van der Waals surface area contributed by atoms with Crippen LogP contribution >= 0.6 is 0 Å². The third-order valence-corrected chi connectivity index (χ3v) is 3.54. The van der Waals surface area contributed by atoms with Crippen LogP contribution in [0.15, 0.2) is 11.1 Å². The van der Waals surface area contributed by atoms with Crippen LogP contribution in [0.2, 0.25) is 0 Å². The molecule has 4 nitrogen and oxygen atoms in total. The van der Waals surface area contributed by atoms with Gasteiger partial charge in [0, 0.05) is 0 Å². The van der Waals surface area contributed by atoms with Gasteiger partial charge in [-0.25, -0.2) is 9.59 Å². The molecular formula is C11H14O4. The Kier molecular flexibility index (Phi) is 2.50. The van der Waals surface area contributed by atoms with Crippen molar-refractivity contribution in [1.29, 1.82) is 0 Å². The highest BCUT2D eigenvalue weighted by molar-refractivity contribution is 6.00. The molecule has 4 heteroatoms. The van der Waals surface area contributed by atoms with Crippen molar-refractivity contribution in [3.63, 3.8) is 0 Å². The van der Waals surface area contributed by atoms with E-state index in [9.17, 15) is 9.59 Å². The molecule has 0 aliphatic heterocycles. The van der Waals surface area contributed by atoms with E-state index < -0.39 is 11.9 Å². The maximum absolute atomic E-state index is 11.1. The van der Waals surface area contributed by atoms with Crippen LogP contribution in [0, 0.1) is 11.8 Å². The summed E-state index contributed by atoms with van der Waals surface area (Å²) in [5.41, 5.74) is 0.354. The number of carboxylic acids is 2. The zero-order valence-electron chi connectivity index (χ0n) is 8.40. The van der Waals surface area contributed by atoms with Crippen LogP contribution in [0.4, 0.5) is 0 Å². The molecule has 2 atom stereocenters. The van der Waals surface area contributed by atoms with Crippen LogP contribution < -0.4 is 0 Å². The summed E-state index contributed by atoms with van der Waals surface area (Å²) in [6.07, 6.45) is 4.28. The van der Waals surface area contributed by atoms with E-state index in [-0.39, 0.29) is 23.0 Å². The van der Waals surface area contributed by atoms with Gasteiger partial charge in [-0.1, -0.05) is 6.42 Å². The van der Waals surface area contributed by atoms with Crippen molar-refractivity contribution in [2.24, 2.45) is 11.8 Å². The Labute approximate surface area is 87.6 Å². The lowest BCUT2D eigenvalue weighted by Crippen LogP contribution is -2.25. The van der Waals surface area contributed by atoms with Gasteiger partial charge in [0.15, 0.2) is 0 Å². The minimum Gasteiger partial charge on any atom is -0.478 e. The monoisotopic (exact) mass is 210 g/mol. The molecule has 3 rings (SSSR count). The first-order valence-electron chi connectivity index (χ1n) is 5.32. The van der Waals surface area contributed by atoms with Crippen molar-refractivity contribution < 1.29 is 19.8 Å². The fourth-order valence-corrected chi connectivity index (χ4v) is 2.90. The van der Waals surface area contributed by atoms with Crippen molar-refractivity contribution in [3.8, 4) is 0 Å². The second kappa shape index (κ2) is 3.68. The first-order valence-corrected chi connectivity index (χ1v) is 5.32. The predicted molar refractivity (Wildman–Crippen MR) is 52.4 cm³/mol. The van der Waals surface area contributed by atoms with Crippen LogP contribution in [0.1, 0.15) is 32.1 Å². The fourth-order valence-electron chi connectivity index (χ4n) is 2.90. The highest BCUT2D eigenvalue weighted by atomic mass is 16.4. The quantitative estimate of drug-likeness (QED) is 0.726. The Morgan fingerprint density at radius 2 is 1.27 bits per heavy atom. The minimum atomic E-state index is -1.04. The summed E-state index contributed by atoms with van der Waals surface area (Å²) in [6, 6.07) is 0. The van der Waals surface area contributed by atoms with Gasteiger partial charge in [0.05, 0.1) is 11.1 Å². The van der Waals surface area contributed by atoms with E-state index in [2.05, 4.69) is 0 Å². The first kappa shape index (κ1) is 10.2. The van der Waals surface area contributed by atoms with Gasteiger partial charge in [0.2, 0.25) is 0 Å². The molecule has 2 unspecified atom stereocenters. The zero-order valence-corrected chi connectivity index (χ0v) is 8.40. The molecule has 1 saturated carbocycles. The summed E-state index contributed by atoms with van der Waals surface area (Å²) >= 11 is 0. The standard InChI is InChI=1S/C11H14O4/c12-10(13)8-6-2-1-3-7(5-4-6)9(8)11(14)15/h6-7H,1-5H2,(H,12,13)(H,14,15). The van der Waals surface area contributed by atoms with Gasteiger partial charge in [-0.05, 0) is 37.5 Å². The Bertz CT molecular complexity index is 306. The Balaban J connectivity index is 2.51. The van der Waals surface area contributed by atoms with Crippen LogP contribution in [0.5, 0.6) is 0 Å². The molecule has 0 aromatic carbocycles. The summed E-state index contributed by atoms with van der Waals surface area (Å²) in [4.78, 5) is 22.2. The summed E-state index contributed by atoms with van der Waals surface area (Å²) < 4.78 is 0. The van der Waals surface area contributed by atoms with Gasteiger partial charge in [-0.15, -0.1) is 0 Å². The number of hydrogen-bond acceptors (Lipinski definition) is 2. The average molecular weight is 210 g/mol. The van der Waals surface area contributed by atoms with E-state index >= 15 is 0 Å². The second-order valence-electron chi connectivity index (χ2n) is 4.34. The van der Waals surface area contributed by atoms with Crippen molar-refractivity contribution in [3.05, 3.63) is 11.1 Å². The van der Waals surface area contributed by atoms with Crippen LogP contribution in [0.3, 0.4) is 0 Å². The molecule has 0 aromatic heterocycles. The summed E-state index contributed by atoms with van der Waals surface area (Å²) in [5.74, 6) is -2.15. The topological polar surface area (TPSA) is 74.6 Å². The fraction of sp³-hybridized carbons (Fsp3) is 0.636. The Morgan fingerprint density at radius 1 is 0.867 bits per heavy atom. The zero-order chi connectivity index (χ0) is 11.0. The van der Waals surface area contributed by atoms with Crippen molar-refractivity contribution in [2.75, 3.05) is 0 Å². The lowest BCUT2D eigenvalue weighted by molar-refractivity contribution is -0.137. The van der Waals surface area contributed by atoms with Gasteiger partial charge in [0.1, 0.15) is 0 Å². The molecule has 3 aliphatic rings. The SMILES string of the molecule is O=C(O)C1=C(C(=O)O)C2CCCC1CC2. The molecule has 82 valence electrons. The van der Waals surface area contributed by atoms with Crippen molar-refractivity contribution >= 4 is 11.9 Å². The van der Waals surface area contributed by atoms with Crippen molar-refractivity contribution in [2.45, 2.75) is 32.1 Å². The summed E-state index contributed by atoms with van der Waals surface area (Å²) in [6.45, 7) is 0. The molecule has 2 bridgehead atoms. The lowest BCUT2D eigenvalue weighted by atomic mass is 9.78. The number of rotatable bonds is 2. The van der Waals surface area contributed by atoms with E-state index in [0.29, 0.717) is 0 Å². The van der Waals surface area contributed by atoms with Crippen LogP contribution in [-0.4, -0.2) is 22.2 Å². The third kappa shape index (κ3) is 1.64. The second-order valence-corrected chi connectivity index (χ2v) is 4.34. The van der Waals surface area contributed by atoms with E-state index in [1.807, 2.05) is 0 Å². The smallest absolute Gasteiger partial charge is 0.332 e. The van der Waals surface area contributed by atoms with Gasteiger partial charge < -0.3 is 10.2 Å². The number of carboxylic acid groups (broad SMARTS) is 2. The van der Waals surface area contributed by atoms with E-state index in [4.69, 9.17) is 10.2 Å². The van der Waals surface area contributed by atoms with Gasteiger partial charge >= 0.3 is 11.9 Å². The van der Waals surface area contributed by atoms with Crippen LogP contribution in [0.25, 0.3) is 0 Å². The average Bonchev–Trinajstić information content (AvgIpc) is 2.48. The lowest BCUT2D eigenvalue weighted by Gasteiger charge is -2.25. The molecule has 1 fully saturated rings. The third-order valence-electron chi connectivity index (χ3n) is 3.54. The molecular weight excluding hydrogens is 196 g/mol. The molecule has 0 amide bonds. The minimum absolute atomic E-state index is 0.0349. The molecule has 0 aromatic rings. The van der Waals surface area contributed by atoms with Gasteiger partial charge in [-0.2, -0.15) is 0 Å². The van der Waals surface area contributed by atoms with Crippen LogP contribution in [-0.2, 0) is 9.59 Å². The Morgan fingerprint density at radius 3 is 1.60 bits per heavy atom. The maximum atomic E-state index is 11.1. The number of aliphatic carboxylic acids is 2. The highest BCUT2D eigenvalue weighted by Crippen LogP contribution is 2.43. The normalized spacial score (nSPS) is 30.1. The van der Waals surface area contributed by atoms with Gasteiger partial charge in [-0.3, -0.25) is 0 Å². The largest absolute Gasteiger partial charge is 0.478 e. The number of fused-ring (bicyclic) bond motifs is 3. The van der Waals surface area contributed by atoms with E-state index in [1.165, 1.54) is 0 Å². The molecule has 0 saturated heterocycles. The Hall–Kier alpha value is -1.32. The molecule has 0 heterocycles. The maximum Gasteiger partial charge on any atom is 0.332 e. The van der Waals surface area contributed by atoms with Crippen molar-refractivity contribution in [1.82, 2.24) is 0 Å². The predicted octanol–water partition coefficient (Wildman–Crippen LogP) is 1.66. The first-order chi connectivity index (χ1) is 7.11. The van der Waals surface area contributed by atoms with E-state index in [1.54, 1.807) is 0 Å². The van der Waals surface area contributed by atoms with E-state index in [0.717, 1.165) is 32.1 Å². The summed E-state index contributed by atoms with van der Waals surface area (Å²) in [7, 11) is 0.